The lowest BCUT2D eigenvalue weighted by Gasteiger charge is -2.25. The molecule has 0 aromatic heterocycles. The van der Waals surface area contributed by atoms with E-state index in [1.54, 1.807) is 7.11 Å². The number of ether oxygens (including phenoxy) is 1. The molecule has 82 valence electrons. The fourth-order valence-corrected chi connectivity index (χ4v) is 1.09. The lowest BCUT2D eigenvalue weighted by molar-refractivity contribution is -0.145. The summed E-state index contributed by atoms with van der Waals surface area (Å²) >= 11 is 0. The summed E-state index contributed by atoms with van der Waals surface area (Å²) in [5.74, 6) is -1.47. The molecule has 14 heavy (non-hydrogen) atoms. The van der Waals surface area contributed by atoms with E-state index in [9.17, 15) is 9.59 Å². The fourth-order valence-electron chi connectivity index (χ4n) is 1.09. The minimum absolute atomic E-state index is 0.00278. The molecule has 0 aliphatic rings. The van der Waals surface area contributed by atoms with Gasteiger partial charge in [-0.1, -0.05) is 0 Å². The van der Waals surface area contributed by atoms with Gasteiger partial charge in [-0.05, 0) is 13.8 Å². The molecule has 0 heterocycles. The maximum absolute atomic E-state index is 11.4. The highest BCUT2D eigenvalue weighted by atomic mass is 16.5. The summed E-state index contributed by atoms with van der Waals surface area (Å²) in [6.45, 7) is 4.54. The Morgan fingerprint density at radius 3 is 2.36 bits per heavy atom. The van der Waals surface area contributed by atoms with Crippen molar-refractivity contribution >= 4 is 11.9 Å². The van der Waals surface area contributed by atoms with Gasteiger partial charge in [0.05, 0.1) is 6.61 Å². The predicted octanol–water partition coefficient (Wildman–Crippen LogP) is 0.344. The number of hydrogen-bond donors (Lipinski definition) is 1. The molecule has 1 N–H and O–H groups in total. The number of carboxylic acid groups (broad SMARTS) is 1. The molecule has 0 bridgehead atoms. The molecule has 0 fully saturated rings. The van der Waals surface area contributed by atoms with Crippen molar-refractivity contribution in [2.75, 3.05) is 20.3 Å². The van der Waals surface area contributed by atoms with Gasteiger partial charge >= 0.3 is 5.97 Å². The first-order valence-electron chi connectivity index (χ1n) is 4.49. The van der Waals surface area contributed by atoms with Crippen LogP contribution in [0.2, 0.25) is 0 Å². The van der Waals surface area contributed by atoms with Crippen molar-refractivity contribution in [3.8, 4) is 0 Å². The molecule has 5 nitrogen and oxygen atoms in total. The van der Waals surface area contributed by atoms with E-state index in [2.05, 4.69) is 0 Å². The molecular weight excluding hydrogens is 186 g/mol. The zero-order valence-corrected chi connectivity index (χ0v) is 8.82. The molecule has 0 saturated carbocycles. The molecule has 0 aliphatic heterocycles. The van der Waals surface area contributed by atoms with Crippen LogP contribution >= 0.6 is 0 Å². The fraction of sp³-hybridized carbons (Fsp3) is 0.778. The van der Waals surface area contributed by atoms with Gasteiger partial charge in [-0.3, -0.25) is 9.59 Å². The lowest BCUT2D eigenvalue weighted by Crippen LogP contribution is -2.40. The first-order valence-corrected chi connectivity index (χ1v) is 4.49. The number of nitrogens with zero attached hydrogens (tertiary/aromatic N) is 1. The van der Waals surface area contributed by atoms with Gasteiger partial charge in [-0.15, -0.1) is 0 Å². The van der Waals surface area contributed by atoms with Crippen molar-refractivity contribution < 1.29 is 19.4 Å². The standard InChI is InChI=1S/C9H17NO4/c1-7(2)10(4-5-14-3)8(11)6-9(12)13/h7H,4-6H2,1-3H3,(H,12,13). The molecule has 0 aromatic carbocycles. The van der Waals surface area contributed by atoms with E-state index in [0.717, 1.165) is 0 Å². The third-order valence-electron chi connectivity index (χ3n) is 1.78. The smallest absolute Gasteiger partial charge is 0.312 e. The van der Waals surface area contributed by atoms with Crippen LogP contribution in [0.1, 0.15) is 20.3 Å². The Labute approximate surface area is 83.6 Å². The molecular formula is C9H17NO4. The first-order chi connectivity index (χ1) is 6.49. The Bertz CT molecular complexity index is 203. The second-order valence-corrected chi connectivity index (χ2v) is 3.24. The van der Waals surface area contributed by atoms with Crippen LogP contribution in [0.5, 0.6) is 0 Å². The number of hydrogen-bond acceptors (Lipinski definition) is 3. The molecule has 0 aliphatic carbocycles. The third-order valence-corrected chi connectivity index (χ3v) is 1.78. The largest absolute Gasteiger partial charge is 0.481 e. The summed E-state index contributed by atoms with van der Waals surface area (Å²) in [6, 6.07) is -0.00278. The van der Waals surface area contributed by atoms with Gasteiger partial charge < -0.3 is 14.7 Å². The van der Waals surface area contributed by atoms with E-state index in [1.807, 2.05) is 13.8 Å². The van der Waals surface area contributed by atoms with Crippen LogP contribution in [-0.2, 0) is 14.3 Å². The van der Waals surface area contributed by atoms with Crippen molar-refractivity contribution in [2.24, 2.45) is 0 Å². The molecule has 0 saturated heterocycles. The normalized spacial score (nSPS) is 10.3. The SMILES string of the molecule is COCCN(C(=O)CC(=O)O)C(C)C. The van der Waals surface area contributed by atoms with Crippen LogP contribution < -0.4 is 0 Å². The minimum Gasteiger partial charge on any atom is -0.481 e. The molecule has 0 spiro atoms. The van der Waals surface area contributed by atoms with Crippen molar-refractivity contribution in [1.29, 1.82) is 0 Å². The third kappa shape index (κ3) is 4.81. The number of carbonyl (C=O) groups excluding carboxylic acids is 1. The summed E-state index contributed by atoms with van der Waals surface area (Å²) in [6.07, 6.45) is -0.456. The monoisotopic (exact) mass is 203 g/mol. The van der Waals surface area contributed by atoms with Gasteiger partial charge in [-0.2, -0.15) is 0 Å². The summed E-state index contributed by atoms with van der Waals surface area (Å²) in [4.78, 5) is 23.2. The minimum atomic E-state index is -1.10. The van der Waals surface area contributed by atoms with E-state index in [-0.39, 0.29) is 11.9 Å². The van der Waals surface area contributed by atoms with E-state index in [1.165, 1.54) is 4.90 Å². The van der Waals surface area contributed by atoms with E-state index >= 15 is 0 Å². The van der Waals surface area contributed by atoms with Gasteiger partial charge in [0, 0.05) is 19.7 Å². The predicted molar refractivity (Wildman–Crippen MR) is 51.0 cm³/mol. The van der Waals surface area contributed by atoms with Gasteiger partial charge in [0.1, 0.15) is 6.42 Å². The molecule has 0 unspecified atom stereocenters. The molecule has 0 atom stereocenters. The van der Waals surface area contributed by atoms with Crippen LogP contribution in [-0.4, -0.2) is 48.2 Å². The summed E-state index contributed by atoms with van der Waals surface area (Å²) < 4.78 is 4.84. The zero-order chi connectivity index (χ0) is 11.1. The number of methoxy groups -OCH3 is 1. The number of carbonyl (C=O) groups is 2. The molecule has 0 rings (SSSR count). The Kier molecular flexibility index (Phi) is 5.87. The second kappa shape index (κ2) is 6.37. The van der Waals surface area contributed by atoms with E-state index in [0.29, 0.717) is 13.2 Å². The lowest BCUT2D eigenvalue weighted by atomic mass is 10.2. The number of amides is 1. The average Bonchev–Trinajstić information content (AvgIpc) is 2.02. The van der Waals surface area contributed by atoms with Crippen molar-refractivity contribution in [2.45, 2.75) is 26.3 Å². The summed E-state index contributed by atoms with van der Waals surface area (Å²) in [7, 11) is 1.54. The molecule has 0 radical (unpaired) electrons. The summed E-state index contributed by atoms with van der Waals surface area (Å²) in [5, 5.41) is 8.46. The molecule has 5 heteroatoms. The van der Waals surface area contributed by atoms with Gasteiger partial charge in [0.2, 0.25) is 5.91 Å². The average molecular weight is 203 g/mol. The van der Waals surface area contributed by atoms with Crippen LogP contribution in [0.4, 0.5) is 0 Å². The maximum Gasteiger partial charge on any atom is 0.312 e. The van der Waals surface area contributed by atoms with Crippen molar-refractivity contribution in [3.05, 3.63) is 0 Å². The number of rotatable bonds is 6. The topological polar surface area (TPSA) is 66.8 Å². The van der Waals surface area contributed by atoms with Gasteiger partial charge in [-0.25, -0.2) is 0 Å². The highest BCUT2D eigenvalue weighted by Gasteiger charge is 2.18. The summed E-state index contributed by atoms with van der Waals surface area (Å²) in [5.41, 5.74) is 0. The van der Waals surface area contributed by atoms with Crippen molar-refractivity contribution in [3.63, 3.8) is 0 Å². The van der Waals surface area contributed by atoms with Crippen molar-refractivity contribution in [1.82, 2.24) is 4.90 Å². The Morgan fingerprint density at radius 2 is 2.00 bits per heavy atom. The van der Waals surface area contributed by atoms with E-state index < -0.39 is 12.4 Å². The van der Waals surface area contributed by atoms with Crippen LogP contribution in [0.25, 0.3) is 0 Å². The highest BCUT2D eigenvalue weighted by molar-refractivity contribution is 5.93. The number of carboxylic acids is 1. The quantitative estimate of drug-likeness (QED) is 0.632. The van der Waals surface area contributed by atoms with Gasteiger partial charge in [0.25, 0.3) is 0 Å². The molecule has 1 amide bonds. The molecule has 0 aromatic rings. The van der Waals surface area contributed by atoms with Crippen LogP contribution in [0.15, 0.2) is 0 Å². The Balaban J connectivity index is 4.18. The second-order valence-electron chi connectivity index (χ2n) is 3.24. The number of aliphatic carboxylic acids is 1. The zero-order valence-electron chi connectivity index (χ0n) is 8.82. The van der Waals surface area contributed by atoms with Gasteiger partial charge in [0.15, 0.2) is 0 Å². The first kappa shape index (κ1) is 12.9. The Hall–Kier alpha value is -1.10. The van der Waals surface area contributed by atoms with Crippen LogP contribution in [0.3, 0.4) is 0 Å². The van der Waals surface area contributed by atoms with Crippen LogP contribution in [0, 0.1) is 0 Å². The Morgan fingerprint density at radius 1 is 1.43 bits per heavy atom. The maximum atomic E-state index is 11.4. The van der Waals surface area contributed by atoms with E-state index in [4.69, 9.17) is 9.84 Å². The highest BCUT2D eigenvalue weighted by Crippen LogP contribution is 2.01.